The van der Waals surface area contributed by atoms with Crippen molar-refractivity contribution in [2.24, 2.45) is 5.73 Å². The number of hydrogen-bond donors (Lipinski definition) is 2. The Balaban J connectivity index is 2.37. The molecule has 2 rings (SSSR count). The van der Waals surface area contributed by atoms with E-state index in [-0.39, 0.29) is 4.99 Å². The van der Waals surface area contributed by atoms with Crippen LogP contribution in [0.15, 0.2) is 24.3 Å². The largest absolute Gasteiger partial charge is 0.497 e. The minimum absolute atomic E-state index is 0.264. The predicted octanol–water partition coefficient (Wildman–Crippen LogP) is 2.15. The fourth-order valence-electron chi connectivity index (χ4n) is 1.48. The number of H-pyrrole nitrogens is 1. The zero-order valence-electron chi connectivity index (χ0n) is 10.1. The molecular formula is C12H13N3O2S. The molecule has 94 valence electrons. The van der Waals surface area contributed by atoms with Gasteiger partial charge in [0.15, 0.2) is 0 Å². The maximum atomic E-state index is 5.65. The first-order valence-corrected chi connectivity index (χ1v) is 5.68. The molecule has 1 aromatic heterocycles. The second-order valence-corrected chi connectivity index (χ2v) is 4.16. The Morgan fingerprint density at radius 3 is 2.72 bits per heavy atom. The Morgan fingerprint density at radius 2 is 2.17 bits per heavy atom. The smallest absolute Gasteiger partial charge is 0.238 e. The molecule has 0 atom stereocenters. The number of aromatic amines is 1. The lowest BCUT2D eigenvalue weighted by Crippen LogP contribution is -2.10. The van der Waals surface area contributed by atoms with Crippen molar-refractivity contribution in [3.05, 3.63) is 35.5 Å². The highest BCUT2D eigenvalue weighted by atomic mass is 32.1. The molecule has 1 aromatic carbocycles. The van der Waals surface area contributed by atoms with Crippen LogP contribution >= 0.6 is 12.2 Å². The van der Waals surface area contributed by atoms with E-state index in [1.807, 2.05) is 6.92 Å². The first kappa shape index (κ1) is 12.4. The van der Waals surface area contributed by atoms with Crippen LogP contribution < -0.4 is 15.2 Å². The van der Waals surface area contributed by atoms with E-state index in [2.05, 4.69) is 10.2 Å². The molecule has 0 aliphatic rings. The Bertz CT molecular complexity index is 580. The molecule has 0 saturated heterocycles. The standard InChI is InChI=1S/C12H13N3O2S/c1-7-5-11(15-14-7)17-10-6-8(16-2)3-4-9(10)12(13)18/h3-6H,1-2H3,(H2,13,18)(H,14,15). The number of hydrogen-bond acceptors (Lipinski definition) is 4. The summed E-state index contributed by atoms with van der Waals surface area (Å²) in [5.41, 5.74) is 7.20. The van der Waals surface area contributed by atoms with Gasteiger partial charge < -0.3 is 15.2 Å². The summed E-state index contributed by atoms with van der Waals surface area (Å²) >= 11 is 4.98. The van der Waals surface area contributed by atoms with Crippen molar-refractivity contribution in [1.82, 2.24) is 10.2 Å². The third kappa shape index (κ3) is 2.60. The Kier molecular flexibility index (Phi) is 3.47. The lowest BCUT2D eigenvalue weighted by Gasteiger charge is -2.09. The number of aromatic nitrogens is 2. The molecule has 18 heavy (non-hydrogen) atoms. The summed E-state index contributed by atoms with van der Waals surface area (Å²) in [6, 6.07) is 7.04. The number of nitrogens with one attached hydrogen (secondary N) is 1. The van der Waals surface area contributed by atoms with Gasteiger partial charge in [0.05, 0.1) is 12.7 Å². The quantitative estimate of drug-likeness (QED) is 0.827. The monoisotopic (exact) mass is 263 g/mol. The van der Waals surface area contributed by atoms with Crippen molar-refractivity contribution in [2.45, 2.75) is 6.92 Å². The van der Waals surface area contributed by atoms with E-state index in [0.29, 0.717) is 22.9 Å². The highest BCUT2D eigenvalue weighted by molar-refractivity contribution is 7.80. The molecule has 0 unspecified atom stereocenters. The zero-order chi connectivity index (χ0) is 13.1. The Morgan fingerprint density at radius 1 is 1.39 bits per heavy atom. The number of benzene rings is 1. The van der Waals surface area contributed by atoms with Crippen LogP contribution in [0.2, 0.25) is 0 Å². The average molecular weight is 263 g/mol. The van der Waals surface area contributed by atoms with E-state index in [9.17, 15) is 0 Å². The molecule has 0 spiro atoms. The van der Waals surface area contributed by atoms with Crippen molar-refractivity contribution in [2.75, 3.05) is 7.11 Å². The van der Waals surface area contributed by atoms with Gasteiger partial charge in [-0.1, -0.05) is 12.2 Å². The first-order valence-electron chi connectivity index (χ1n) is 5.28. The van der Waals surface area contributed by atoms with E-state index < -0.39 is 0 Å². The van der Waals surface area contributed by atoms with Crippen LogP contribution in [0.4, 0.5) is 0 Å². The molecule has 0 radical (unpaired) electrons. The van der Waals surface area contributed by atoms with Crippen LogP contribution in [0.5, 0.6) is 17.4 Å². The molecule has 6 heteroatoms. The van der Waals surface area contributed by atoms with Crippen molar-refractivity contribution in [3.8, 4) is 17.4 Å². The molecule has 5 nitrogen and oxygen atoms in total. The van der Waals surface area contributed by atoms with Gasteiger partial charge in [-0.05, 0) is 19.1 Å². The SMILES string of the molecule is COc1ccc(C(N)=S)c(Oc2cc(C)[nH]n2)c1. The third-order valence-electron chi connectivity index (χ3n) is 2.35. The van der Waals surface area contributed by atoms with Crippen molar-refractivity contribution in [1.29, 1.82) is 0 Å². The van der Waals surface area contributed by atoms with Gasteiger partial charge in [0.25, 0.3) is 0 Å². The minimum Gasteiger partial charge on any atom is -0.497 e. The maximum Gasteiger partial charge on any atom is 0.238 e. The number of thiocarbonyl (C=S) groups is 1. The summed E-state index contributed by atoms with van der Waals surface area (Å²) in [6.07, 6.45) is 0. The molecule has 0 aliphatic heterocycles. The van der Waals surface area contributed by atoms with Crippen LogP contribution in [0.25, 0.3) is 0 Å². The van der Waals surface area contributed by atoms with Crippen molar-refractivity contribution < 1.29 is 9.47 Å². The number of methoxy groups -OCH3 is 1. The van der Waals surface area contributed by atoms with Gasteiger partial charge in [0, 0.05) is 17.8 Å². The second-order valence-electron chi connectivity index (χ2n) is 3.72. The summed E-state index contributed by atoms with van der Waals surface area (Å²) in [5.74, 6) is 1.64. The van der Waals surface area contributed by atoms with Crippen LogP contribution in [-0.2, 0) is 0 Å². The van der Waals surface area contributed by atoms with Crippen molar-refractivity contribution in [3.63, 3.8) is 0 Å². The molecule has 1 heterocycles. The van der Waals surface area contributed by atoms with E-state index in [0.717, 1.165) is 5.69 Å². The van der Waals surface area contributed by atoms with Gasteiger partial charge >= 0.3 is 0 Å². The third-order valence-corrected chi connectivity index (χ3v) is 2.57. The molecule has 0 aliphatic carbocycles. The fraction of sp³-hybridized carbons (Fsp3) is 0.167. The minimum atomic E-state index is 0.264. The molecular weight excluding hydrogens is 250 g/mol. The molecule has 0 saturated carbocycles. The normalized spacial score (nSPS) is 10.1. The van der Waals surface area contributed by atoms with Crippen LogP contribution in [0, 0.1) is 6.92 Å². The highest BCUT2D eigenvalue weighted by Crippen LogP contribution is 2.28. The summed E-state index contributed by atoms with van der Waals surface area (Å²) in [4.78, 5) is 0.264. The summed E-state index contributed by atoms with van der Waals surface area (Å²) in [7, 11) is 1.58. The summed E-state index contributed by atoms with van der Waals surface area (Å²) < 4.78 is 10.8. The van der Waals surface area contributed by atoms with Crippen LogP contribution in [-0.4, -0.2) is 22.3 Å². The number of aryl methyl sites for hydroxylation is 1. The Hall–Kier alpha value is -2.08. The highest BCUT2D eigenvalue weighted by Gasteiger charge is 2.10. The van der Waals surface area contributed by atoms with E-state index in [1.165, 1.54) is 0 Å². The second kappa shape index (κ2) is 5.05. The predicted molar refractivity (Wildman–Crippen MR) is 72.3 cm³/mol. The number of rotatable bonds is 4. The summed E-state index contributed by atoms with van der Waals surface area (Å²) in [6.45, 7) is 1.89. The summed E-state index contributed by atoms with van der Waals surface area (Å²) in [5, 5.41) is 6.79. The lowest BCUT2D eigenvalue weighted by atomic mass is 10.2. The fourth-order valence-corrected chi connectivity index (χ4v) is 1.64. The topological polar surface area (TPSA) is 73.2 Å². The van der Waals surface area contributed by atoms with Gasteiger partial charge in [-0.3, -0.25) is 5.10 Å². The molecule has 3 N–H and O–H groups in total. The van der Waals surface area contributed by atoms with Gasteiger partial charge in [0.1, 0.15) is 16.5 Å². The number of nitrogens with zero attached hydrogens (tertiary/aromatic N) is 1. The maximum absolute atomic E-state index is 5.65. The first-order chi connectivity index (χ1) is 8.60. The van der Waals surface area contributed by atoms with Gasteiger partial charge in [-0.25, -0.2) is 0 Å². The molecule has 0 bridgehead atoms. The average Bonchev–Trinajstić information content (AvgIpc) is 2.74. The molecule has 0 fully saturated rings. The number of ether oxygens (including phenoxy) is 2. The van der Waals surface area contributed by atoms with Crippen molar-refractivity contribution >= 4 is 17.2 Å². The number of nitrogens with two attached hydrogens (primary N) is 1. The lowest BCUT2D eigenvalue weighted by molar-refractivity contribution is 0.407. The zero-order valence-corrected chi connectivity index (χ0v) is 10.9. The van der Waals surface area contributed by atoms with Gasteiger partial charge in [0.2, 0.25) is 5.88 Å². The van der Waals surface area contributed by atoms with Crippen LogP contribution in [0.3, 0.4) is 0 Å². The van der Waals surface area contributed by atoms with E-state index in [4.69, 9.17) is 27.4 Å². The van der Waals surface area contributed by atoms with Gasteiger partial charge in [-0.2, -0.15) is 0 Å². The van der Waals surface area contributed by atoms with E-state index >= 15 is 0 Å². The van der Waals surface area contributed by atoms with Gasteiger partial charge in [-0.15, -0.1) is 5.10 Å². The Labute approximate surface area is 110 Å². The van der Waals surface area contributed by atoms with Crippen LogP contribution in [0.1, 0.15) is 11.3 Å². The van der Waals surface area contributed by atoms with E-state index in [1.54, 1.807) is 31.4 Å². The molecule has 2 aromatic rings. The molecule has 0 amide bonds.